The van der Waals surface area contributed by atoms with E-state index in [0.717, 1.165) is 4.88 Å². The summed E-state index contributed by atoms with van der Waals surface area (Å²) < 4.78 is 7.68. The molecule has 1 amide bonds. The van der Waals surface area contributed by atoms with Gasteiger partial charge in [0.05, 0.1) is 17.6 Å². The van der Waals surface area contributed by atoms with E-state index in [2.05, 4.69) is 10.2 Å². The Kier molecular flexibility index (Phi) is 4.18. The number of H-pyrrole nitrogens is 1. The number of rotatable bonds is 3. The lowest BCUT2D eigenvalue weighted by atomic mass is 10.3. The number of nitrogens with zero attached hydrogens (tertiary/aromatic N) is 3. The fraction of sp³-hybridized carbons (Fsp3) is 0.462. The third kappa shape index (κ3) is 3.07. The van der Waals surface area contributed by atoms with Gasteiger partial charge in [-0.05, 0) is 30.6 Å². The van der Waals surface area contributed by atoms with Crippen molar-refractivity contribution in [3.63, 3.8) is 0 Å². The Hall–Kier alpha value is -1.51. The molecule has 1 N–H and O–H groups in total. The predicted molar refractivity (Wildman–Crippen MR) is 82.7 cm³/mol. The van der Waals surface area contributed by atoms with Gasteiger partial charge in [0.1, 0.15) is 6.54 Å². The quantitative estimate of drug-likeness (QED) is 0.876. The van der Waals surface area contributed by atoms with Crippen molar-refractivity contribution in [2.45, 2.75) is 19.6 Å². The molecule has 0 aromatic carbocycles. The fourth-order valence-corrected chi connectivity index (χ4v) is 3.26. The maximum atomic E-state index is 12.5. The first-order valence-electron chi connectivity index (χ1n) is 6.73. The van der Waals surface area contributed by atoms with Gasteiger partial charge in [0.25, 0.3) is 0 Å². The van der Waals surface area contributed by atoms with Crippen LogP contribution in [0.3, 0.4) is 0 Å². The summed E-state index contributed by atoms with van der Waals surface area (Å²) in [5, 5.41) is 8.98. The number of carbonyl (C=O) groups excluding carboxylic acids is 1. The highest BCUT2D eigenvalue weighted by atomic mass is 32.1. The molecule has 1 saturated heterocycles. The number of ether oxygens (including phenoxy) is 1. The van der Waals surface area contributed by atoms with Crippen molar-refractivity contribution in [1.29, 1.82) is 0 Å². The van der Waals surface area contributed by atoms with Crippen LogP contribution in [0.2, 0.25) is 0 Å². The molecule has 0 saturated carbocycles. The smallest absolute Gasteiger partial charge is 0.242 e. The van der Waals surface area contributed by atoms with Crippen LogP contribution in [0.4, 0.5) is 0 Å². The molecule has 1 atom stereocenters. The monoisotopic (exact) mass is 324 g/mol. The minimum absolute atomic E-state index is 0.0421. The molecule has 112 valence electrons. The third-order valence-electron chi connectivity index (χ3n) is 3.39. The van der Waals surface area contributed by atoms with Crippen LogP contribution in [0.25, 0.3) is 10.7 Å². The number of thiophene rings is 1. The SMILES string of the molecule is CC1CN(C(=O)Cn2c(-c3cccs3)n[nH]c2=S)CCO1. The van der Waals surface area contributed by atoms with E-state index in [0.29, 0.717) is 30.3 Å². The van der Waals surface area contributed by atoms with Gasteiger partial charge in [-0.3, -0.25) is 14.5 Å². The van der Waals surface area contributed by atoms with E-state index < -0.39 is 0 Å². The molecule has 1 aliphatic heterocycles. The maximum absolute atomic E-state index is 12.5. The van der Waals surface area contributed by atoms with Crippen molar-refractivity contribution < 1.29 is 9.53 Å². The van der Waals surface area contributed by atoms with Gasteiger partial charge in [-0.25, -0.2) is 0 Å². The number of hydrogen-bond acceptors (Lipinski definition) is 5. The second-order valence-electron chi connectivity index (χ2n) is 4.94. The molecule has 21 heavy (non-hydrogen) atoms. The second-order valence-corrected chi connectivity index (χ2v) is 6.27. The minimum atomic E-state index is 0.0421. The molecule has 2 aromatic heterocycles. The van der Waals surface area contributed by atoms with Crippen molar-refractivity contribution >= 4 is 29.5 Å². The highest BCUT2D eigenvalue weighted by Crippen LogP contribution is 2.22. The highest BCUT2D eigenvalue weighted by molar-refractivity contribution is 7.71. The van der Waals surface area contributed by atoms with Gasteiger partial charge in [-0.15, -0.1) is 11.3 Å². The summed E-state index contributed by atoms with van der Waals surface area (Å²) in [6.45, 7) is 4.01. The zero-order valence-corrected chi connectivity index (χ0v) is 13.2. The Morgan fingerprint density at radius 3 is 3.24 bits per heavy atom. The molecule has 3 heterocycles. The van der Waals surface area contributed by atoms with Gasteiger partial charge >= 0.3 is 0 Å². The van der Waals surface area contributed by atoms with E-state index in [-0.39, 0.29) is 18.6 Å². The van der Waals surface area contributed by atoms with Crippen molar-refractivity contribution in [2.75, 3.05) is 19.7 Å². The topological polar surface area (TPSA) is 63.2 Å². The summed E-state index contributed by atoms with van der Waals surface area (Å²) in [6.07, 6.45) is 0.0804. The van der Waals surface area contributed by atoms with Crippen LogP contribution in [-0.2, 0) is 16.1 Å². The molecule has 2 aromatic rings. The number of hydrogen-bond donors (Lipinski definition) is 1. The molecule has 0 radical (unpaired) electrons. The van der Waals surface area contributed by atoms with E-state index in [4.69, 9.17) is 17.0 Å². The van der Waals surface area contributed by atoms with Crippen molar-refractivity contribution in [3.05, 3.63) is 22.3 Å². The summed E-state index contributed by atoms with van der Waals surface area (Å²) in [4.78, 5) is 15.3. The van der Waals surface area contributed by atoms with Crippen LogP contribution in [0.1, 0.15) is 6.92 Å². The minimum Gasteiger partial charge on any atom is -0.375 e. The van der Waals surface area contributed by atoms with Crippen LogP contribution in [0.15, 0.2) is 17.5 Å². The van der Waals surface area contributed by atoms with Crippen LogP contribution in [0, 0.1) is 4.77 Å². The Morgan fingerprint density at radius 1 is 1.67 bits per heavy atom. The summed E-state index contributed by atoms with van der Waals surface area (Å²) in [7, 11) is 0. The van der Waals surface area contributed by atoms with Gasteiger partial charge in [-0.1, -0.05) is 6.07 Å². The maximum Gasteiger partial charge on any atom is 0.242 e. The number of nitrogens with one attached hydrogen (secondary N) is 1. The number of carbonyl (C=O) groups is 1. The van der Waals surface area contributed by atoms with E-state index in [1.54, 1.807) is 15.9 Å². The highest BCUT2D eigenvalue weighted by Gasteiger charge is 2.23. The molecule has 6 nitrogen and oxygen atoms in total. The van der Waals surface area contributed by atoms with Crippen LogP contribution in [0.5, 0.6) is 0 Å². The molecular weight excluding hydrogens is 308 g/mol. The Balaban J connectivity index is 1.80. The molecule has 0 bridgehead atoms. The van der Waals surface area contributed by atoms with Gasteiger partial charge in [0.2, 0.25) is 5.91 Å². The average molecular weight is 324 g/mol. The van der Waals surface area contributed by atoms with E-state index >= 15 is 0 Å². The number of amides is 1. The average Bonchev–Trinajstić information content (AvgIpc) is 3.10. The van der Waals surface area contributed by atoms with Crippen LogP contribution >= 0.6 is 23.6 Å². The van der Waals surface area contributed by atoms with E-state index in [1.807, 2.05) is 29.3 Å². The Bertz CT molecular complexity index is 677. The predicted octanol–water partition coefficient (Wildman–Crippen LogP) is 1.92. The molecule has 3 rings (SSSR count). The molecule has 1 fully saturated rings. The zero-order chi connectivity index (χ0) is 14.8. The Labute approximate surface area is 131 Å². The zero-order valence-electron chi connectivity index (χ0n) is 11.6. The third-order valence-corrected chi connectivity index (χ3v) is 4.56. The largest absolute Gasteiger partial charge is 0.375 e. The van der Waals surface area contributed by atoms with Gasteiger partial charge < -0.3 is 9.64 Å². The molecule has 1 unspecified atom stereocenters. The second kappa shape index (κ2) is 6.08. The molecule has 0 aliphatic carbocycles. The number of morpholine rings is 1. The lowest BCUT2D eigenvalue weighted by Crippen LogP contribution is -2.45. The van der Waals surface area contributed by atoms with Crippen molar-refractivity contribution in [2.24, 2.45) is 0 Å². The lowest BCUT2D eigenvalue weighted by molar-refractivity contribution is -0.138. The van der Waals surface area contributed by atoms with Gasteiger partial charge in [0.15, 0.2) is 10.6 Å². The van der Waals surface area contributed by atoms with Crippen molar-refractivity contribution in [1.82, 2.24) is 19.7 Å². The molecule has 0 spiro atoms. The number of aromatic amines is 1. The van der Waals surface area contributed by atoms with Crippen LogP contribution < -0.4 is 0 Å². The first-order chi connectivity index (χ1) is 10.1. The Morgan fingerprint density at radius 2 is 2.52 bits per heavy atom. The summed E-state index contributed by atoms with van der Waals surface area (Å²) >= 11 is 6.82. The van der Waals surface area contributed by atoms with Crippen molar-refractivity contribution in [3.8, 4) is 10.7 Å². The molecule has 1 aliphatic rings. The van der Waals surface area contributed by atoms with Crippen LogP contribution in [-0.4, -0.2) is 51.4 Å². The lowest BCUT2D eigenvalue weighted by Gasteiger charge is -2.31. The van der Waals surface area contributed by atoms with Gasteiger partial charge in [0, 0.05) is 13.1 Å². The normalized spacial score (nSPS) is 18.9. The first kappa shape index (κ1) is 14.4. The molecule has 8 heteroatoms. The van der Waals surface area contributed by atoms with E-state index in [1.165, 1.54) is 0 Å². The summed E-state index contributed by atoms with van der Waals surface area (Å²) in [5.41, 5.74) is 0. The first-order valence-corrected chi connectivity index (χ1v) is 8.02. The number of aromatic nitrogens is 3. The van der Waals surface area contributed by atoms with Gasteiger partial charge in [-0.2, -0.15) is 5.10 Å². The summed E-state index contributed by atoms with van der Waals surface area (Å²) in [5.74, 6) is 0.755. The standard InChI is InChI=1S/C13H16N4O2S2/c1-9-7-16(4-5-19-9)11(18)8-17-12(14-15-13(17)20)10-3-2-6-21-10/h2-3,6,9H,4-5,7-8H2,1H3,(H,15,20). The molecular formula is C13H16N4O2S2. The fourth-order valence-electron chi connectivity index (χ4n) is 2.34. The summed E-state index contributed by atoms with van der Waals surface area (Å²) in [6, 6.07) is 3.92. The van der Waals surface area contributed by atoms with E-state index in [9.17, 15) is 4.79 Å².